The van der Waals surface area contributed by atoms with E-state index < -0.39 is 5.41 Å². The van der Waals surface area contributed by atoms with Crippen molar-refractivity contribution in [2.45, 2.75) is 5.41 Å². The monoisotopic (exact) mass is 869 g/mol. The van der Waals surface area contributed by atoms with Gasteiger partial charge < -0.3 is 0 Å². The van der Waals surface area contributed by atoms with Crippen LogP contribution in [0.5, 0.6) is 0 Å². The maximum atomic E-state index is 11.8. The lowest BCUT2D eigenvalue weighted by Gasteiger charge is -2.37. The van der Waals surface area contributed by atoms with E-state index in [1.165, 1.54) is 0 Å². The Labute approximate surface area is 241 Å². The van der Waals surface area contributed by atoms with Crippen molar-refractivity contribution in [2.24, 2.45) is 0 Å². The molecule has 0 saturated heterocycles. The first-order chi connectivity index (χ1) is 15.3. The molecule has 0 N–H and O–H groups in total. The molecule has 0 aliphatic rings. The van der Waals surface area contributed by atoms with Gasteiger partial charge in [-0.2, -0.15) is 0 Å². The molecule has 0 amide bonds. The van der Waals surface area contributed by atoms with Crippen molar-refractivity contribution >= 4 is 96.1 Å². The second-order valence-corrected chi connectivity index (χ2v) is 12.1. The average Bonchev–Trinajstić information content (AvgIpc) is 2.78. The van der Waals surface area contributed by atoms with Crippen LogP contribution in [0.1, 0.15) is 22.3 Å². The predicted octanol–water partition coefficient (Wildman–Crippen LogP) is 8.40. The van der Waals surface area contributed by atoms with Gasteiger partial charge in [0, 0.05) is 16.8 Å². The zero-order chi connectivity index (χ0) is 22.9. The fourth-order valence-electron chi connectivity index (χ4n) is 3.99. The second-order valence-electron chi connectivity index (χ2n) is 7.19. The van der Waals surface area contributed by atoms with E-state index in [0.717, 1.165) is 33.0 Å². The number of benzene rings is 4. The highest BCUT2D eigenvalue weighted by Crippen LogP contribution is 2.46. The topological polar surface area (TPSA) is 43.1 Å². The minimum atomic E-state index is -0.700. The largest absolute Gasteiger partial charge is 0.282 e. The number of nitro groups is 1. The Morgan fingerprint density at radius 2 is 0.906 bits per heavy atom. The first-order valence-electron chi connectivity index (χ1n) is 9.55. The minimum Gasteiger partial charge on any atom is -0.258 e. The van der Waals surface area contributed by atoms with E-state index in [0.29, 0.717) is 3.57 Å². The molecule has 0 heterocycles. The van der Waals surface area contributed by atoms with Gasteiger partial charge in [0.2, 0.25) is 0 Å². The SMILES string of the molecule is O=[N+]([O-])c1cc(C(c2ccc(I)cc2)(c2ccc(I)cc2)c2ccc(I)cc2)ccc1I. The van der Waals surface area contributed by atoms with Gasteiger partial charge in [-0.15, -0.1) is 0 Å². The summed E-state index contributed by atoms with van der Waals surface area (Å²) >= 11 is 8.94. The summed E-state index contributed by atoms with van der Waals surface area (Å²) in [6.45, 7) is 0. The number of nitrogens with zero attached hydrogens (tertiary/aromatic N) is 1. The van der Waals surface area contributed by atoms with Crippen LogP contribution in [0.3, 0.4) is 0 Å². The minimum absolute atomic E-state index is 0.119. The van der Waals surface area contributed by atoms with Crippen LogP contribution in [0.15, 0.2) is 91.0 Å². The van der Waals surface area contributed by atoms with Gasteiger partial charge in [-0.05, 0) is 155 Å². The van der Waals surface area contributed by atoms with E-state index in [9.17, 15) is 10.1 Å². The van der Waals surface area contributed by atoms with Crippen molar-refractivity contribution < 1.29 is 4.92 Å². The summed E-state index contributed by atoms with van der Waals surface area (Å²) < 4.78 is 4.04. The normalized spacial score (nSPS) is 11.4. The van der Waals surface area contributed by atoms with Crippen molar-refractivity contribution in [3.63, 3.8) is 0 Å². The third-order valence-corrected chi connectivity index (χ3v) is 8.48. The lowest BCUT2D eigenvalue weighted by Crippen LogP contribution is -2.31. The van der Waals surface area contributed by atoms with Crippen molar-refractivity contribution in [1.82, 2.24) is 0 Å². The maximum Gasteiger partial charge on any atom is 0.282 e. The molecule has 0 aliphatic carbocycles. The lowest BCUT2D eigenvalue weighted by molar-refractivity contribution is -0.385. The van der Waals surface area contributed by atoms with Crippen LogP contribution in [-0.2, 0) is 5.41 Å². The van der Waals surface area contributed by atoms with Gasteiger partial charge in [0.15, 0.2) is 0 Å². The summed E-state index contributed by atoms with van der Waals surface area (Å²) in [7, 11) is 0. The van der Waals surface area contributed by atoms with Crippen LogP contribution in [0.2, 0.25) is 0 Å². The number of halogens is 4. The molecule has 0 atom stereocenters. The molecular formula is C25H15I4NO2. The van der Waals surface area contributed by atoms with Crippen LogP contribution in [0.4, 0.5) is 5.69 Å². The van der Waals surface area contributed by atoms with Crippen molar-refractivity contribution in [1.29, 1.82) is 0 Å². The molecule has 4 aromatic carbocycles. The highest BCUT2D eigenvalue weighted by molar-refractivity contribution is 14.1. The van der Waals surface area contributed by atoms with Gasteiger partial charge in [0.1, 0.15) is 0 Å². The van der Waals surface area contributed by atoms with Gasteiger partial charge in [0.05, 0.1) is 13.9 Å². The third kappa shape index (κ3) is 4.71. The van der Waals surface area contributed by atoms with Crippen molar-refractivity contribution in [3.05, 3.63) is 138 Å². The van der Waals surface area contributed by atoms with Gasteiger partial charge in [-0.3, -0.25) is 10.1 Å². The smallest absolute Gasteiger partial charge is 0.258 e. The number of hydrogen-bond acceptors (Lipinski definition) is 2. The van der Waals surface area contributed by atoms with Gasteiger partial charge >= 0.3 is 0 Å². The summed E-state index contributed by atoms with van der Waals surface area (Å²) in [6, 6.07) is 30.9. The number of rotatable bonds is 5. The van der Waals surface area contributed by atoms with E-state index in [4.69, 9.17) is 0 Å². The molecule has 0 saturated carbocycles. The van der Waals surface area contributed by atoms with E-state index in [-0.39, 0.29) is 10.6 Å². The second kappa shape index (κ2) is 10.2. The molecule has 0 bridgehead atoms. The fraction of sp³-hybridized carbons (Fsp3) is 0.0400. The van der Waals surface area contributed by atoms with Gasteiger partial charge in [0.25, 0.3) is 5.69 Å². The molecule has 0 spiro atoms. The zero-order valence-corrected chi connectivity index (χ0v) is 25.1. The summed E-state index contributed by atoms with van der Waals surface area (Å²) in [5.41, 5.74) is 3.48. The van der Waals surface area contributed by atoms with Gasteiger partial charge in [-0.25, -0.2) is 0 Å². The molecule has 4 rings (SSSR count). The standard InChI is InChI=1S/C25H15I4NO2/c26-20-8-1-16(2-9-20)25(17-3-10-21(27)11-4-17,18-5-12-22(28)13-6-18)19-7-14-23(29)24(15-19)30(31)32/h1-15H. The summed E-state index contributed by atoms with van der Waals surface area (Å²) in [5.74, 6) is 0. The summed E-state index contributed by atoms with van der Waals surface area (Å²) in [6.07, 6.45) is 0. The Bertz CT molecular complexity index is 1160. The summed E-state index contributed by atoms with van der Waals surface area (Å²) in [4.78, 5) is 11.5. The molecule has 0 unspecified atom stereocenters. The molecule has 3 nitrogen and oxygen atoms in total. The summed E-state index contributed by atoms with van der Waals surface area (Å²) in [5, 5.41) is 11.8. The molecule has 0 aliphatic heterocycles. The van der Waals surface area contributed by atoms with Crippen LogP contribution < -0.4 is 0 Å². The molecule has 7 heteroatoms. The zero-order valence-electron chi connectivity index (χ0n) is 16.4. The van der Waals surface area contributed by atoms with Crippen LogP contribution in [0, 0.1) is 24.4 Å². The highest BCUT2D eigenvalue weighted by Gasteiger charge is 2.39. The molecule has 4 aromatic rings. The van der Waals surface area contributed by atoms with Crippen molar-refractivity contribution in [3.8, 4) is 0 Å². The third-order valence-electron chi connectivity index (χ3n) is 5.41. The van der Waals surface area contributed by atoms with Gasteiger partial charge in [-0.1, -0.05) is 42.5 Å². The molecule has 32 heavy (non-hydrogen) atoms. The van der Waals surface area contributed by atoms with E-state index in [1.807, 2.05) is 34.7 Å². The Morgan fingerprint density at radius 3 is 1.25 bits per heavy atom. The Morgan fingerprint density at radius 1 is 0.562 bits per heavy atom. The number of nitro benzene ring substituents is 1. The Kier molecular flexibility index (Phi) is 7.77. The van der Waals surface area contributed by atoms with E-state index in [2.05, 4.69) is 141 Å². The predicted molar refractivity (Wildman–Crippen MR) is 162 cm³/mol. The van der Waals surface area contributed by atoms with Crippen LogP contribution in [0.25, 0.3) is 0 Å². The Hall–Kier alpha value is -0.800. The van der Waals surface area contributed by atoms with Crippen LogP contribution in [-0.4, -0.2) is 4.92 Å². The molecule has 160 valence electrons. The first-order valence-corrected chi connectivity index (χ1v) is 13.9. The molecular weight excluding hydrogens is 854 g/mol. The van der Waals surface area contributed by atoms with E-state index in [1.54, 1.807) is 6.07 Å². The van der Waals surface area contributed by atoms with Crippen LogP contribution >= 0.6 is 90.4 Å². The number of hydrogen-bond donors (Lipinski definition) is 0. The average molecular weight is 869 g/mol. The first kappa shape index (κ1) is 24.3. The quantitative estimate of drug-likeness (QED) is 0.0877. The Balaban J connectivity index is 2.16. The van der Waals surface area contributed by atoms with Crippen molar-refractivity contribution in [2.75, 3.05) is 0 Å². The molecule has 0 fully saturated rings. The maximum absolute atomic E-state index is 11.8. The highest BCUT2D eigenvalue weighted by atomic mass is 127. The van der Waals surface area contributed by atoms with E-state index >= 15 is 0 Å². The molecule has 0 aromatic heterocycles. The molecule has 0 radical (unpaired) electrons. The fourth-order valence-corrected chi connectivity index (χ4v) is 5.60. The lowest BCUT2D eigenvalue weighted by atomic mass is 9.65.